The SMILES string of the molecule is CCOc1ccc(OCC(=O)N2CCN(c3nc4c(OCC)cccc4s3)CC2)cc1. The van der Waals surface area contributed by atoms with Gasteiger partial charge < -0.3 is 24.0 Å². The van der Waals surface area contributed by atoms with E-state index in [9.17, 15) is 4.79 Å². The van der Waals surface area contributed by atoms with Crippen molar-refractivity contribution < 1.29 is 19.0 Å². The molecular formula is C23H27N3O4S. The monoisotopic (exact) mass is 441 g/mol. The largest absolute Gasteiger partial charge is 0.494 e. The van der Waals surface area contributed by atoms with Gasteiger partial charge in [-0.15, -0.1) is 0 Å². The fourth-order valence-electron chi connectivity index (χ4n) is 3.50. The average Bonchev–Trinajstić information content (AvgIpc) is 3.24. The summed E-state index contributed by atoms with van der Waals surface area (Å²) in [5.74, 6) is 2.27. The van der Waals surface area contributed by atoms with Gasteiger partial charge >= 0.3 is 0 Å². The molecule has 1 aromatic heterocycles. The van der Waals surface area contributed by atoms with E-state index in [4.69, 9.17) is 19.2 Å². The van der Waals surface area contributed by atoms with Crippen molar-refractivity contribution in [3.05, 3.63) is 42.5 Å². The predicted octanol–water partition coefficient (Wildman–Crippen LogP) is 3.82. The van der Waals surface area contributed by atoms with Gasteiger partial charge in [-0.1, -0.05) is 17.4 Å². The molecule has 7 nitrogen and oxygen atoms in total. The minimum atomic E-state index is -0.00327. The number of anilines is 1. The van der Waals surface area contributed by atoms with Crippen molar-refractivity contribution in [3.8, 4) is 17.2 Å². The Morgan fingerprint density at radius 3 is 2.29 bits per heavy atom. The van der Waals surface area contributed by atoms with Crippen LogP contribution in [0, 0.1) is 0 Å². The van der Waals surface area contributed by atoms with Crippen LogP contribution >= 0.6 is 11.3 Å². The molecule has 1 saturated heterocycles. The van der Waals surface area contributed by atoms with Gasteiger partial charge in [0.2, 0.25) is 0 Å². The number of aromatic nitrogens is 1. The second kappa shape index (κ2) is 9.87. The van der Waals surface area contributed by atoms with Gasteiger partial charge in [-0.2, -0.15) is 0 Å². The highest BCUT2D eigenvalue weighted by Crippen LogP contribution is 2.34. The van der Waals surface area contributed by atoms with Gasteiger partial charge in [-0.05, 0) is 50.2 Å². The summed E-state index contributed by atoms with van der Waals surface area (Å²) in [7, 11) is 0. The highest BCUT2D eigenvalue weighted by Gasteiger charge is 2.24. The molecule has 3 aromatic rings. The van der Waals surface area contributed by atoms with Crippen LogP contribution in [0.2, 0.25) is 0 Å². The van der Waals surface area contributed by atoms with Gasteiger partial charge in [-0.25, -0.2) is 4.98 Å². The maximum atomic E-state index is 12.6. The normalized spacial score (nSPS) is 14.0. The number of nitrogens with zero attached hydrogens (tertiary/aromatic N) is 3. The molecule has 8 heteroatoms. The molecule has 0 atom stereocenters. The topological polar surface area (TPSA) is 64.1 Å². The van der Waals surface area contributed by atoms with Gasteiger partial charge in [0.1, 0.15) is 22.8 Å². The zero-order valence-corrected chi connectivity index (χ0v) is 18.7. The molecule has 1 amide bonds. The molecule has 1 aliphatic rings. The van der Waals surface area contributed by atoms with Crippen molar-refractivity contribution in [2.24, 2.45) is 0 Å². The van der Waals surface area contributed by atoms with Crippen LogP contribution in [0.15, 0.2) is 42.5 Å². The molecular weight excluding hydrogens is 414 g/mol. The van der Waals surface area contributed by atoms with E-state index in [1.807, 2.05) is 55.1 Å². The number of ether oxygens (including phenoxy) is 3. The van der Waals surface area contributed by atoms with E-state index >= 15 is 0 Å². The second-order valence-electron chi connectivity index (χ2n) is 7.09. The van der Waals surface area contributed by atoms with E-state index in [-0.39, 0.29) is 12.5 Å². The number of piperazine rings is 1. The Kier molecular flexibility index (Phi) is 6.76. The van der Waals surface area contributed by atoms with Crippen LogP contribution in [0.3, 0.4) is 0 Å². The molecule has 4 rings (SSSR count). The molecule has 164 valence electrons. The smallest absolute Gasteiger partial charge is 0.260 e. The first-order valence-corrected chi connectivity index (χ1v) is 11.4. The van der Waals surface area contributed by atoms with Gasteiger partial charge in [-0.3, -0.25) is 4.79 Å². The van der Waals surface area contributed by atoms with Crippen LogP contribution in [-0.4, -0.2) is 61.8 Å². The molecule has 0 saturated carbocycles. The van der Waals surface area contributed by atoms with E-state index < -0.39 is 0 Å². The first-order chi connectivity index (χ1) is 15.2. The minimum absolute atomic E-state index is 0.00327. The maximum Gasteiger partial charge on any atom is 0.260 e. The van der Waals surface area contributed by atoms with E-state index in [1.165, 1.54) is 0 Å². The Balaban J connectivity index is 1.30. The first kappa shape index (κ1) is 21.2. The van der Waals surface area contributed by atoms with Crippen LogP contribution in [0.25, 0.3) is 10.2 Å². The predicted molar refractivity (Wildman–Crippen MR) is 123 cm³/mol. The van der Waals surface area contributed by atoms with Gasteiger partial charge in [0.15, 0.2) is 11.7 Å². The number of fused-ring (bicyclic) bond motifs is 1. The number of rotatable bonds is 8. The summed E-state index contributed by atoms with van der Waals surface area (Å²) in [6.07, 6.45) is 0. The zero-order chi connectivity index (χ0) is 21.6. The standard InChI is InChI=1S/C23H27N3O4S/c1-3-28-17-8-10-18(11-9-17)30-16-21(27)25-12-14-26(15-13-25)23-24-22-19(29-4-2)6-5-7-20(22)31-23/h5-11H,3-4,12-16H2,1-2H3. The number of carbonyl (C=O) groups is 1. The Hall–Kier alpha value is -3.00. The van der Waals surface area contributed by atoms with Crippen molar-refractivity contribution in [1.29, 1.82) is 0 Å². The summed E-state index contributed by atoms with van der Waals surface area (Å²) in [6, 6.07) is 13.3. The number of carbonyl (C=O) groups excluding carboxylic acids is 1. The average molecular weight is 442 g/mol. The summed E-state index contributed by atoms with van der Waals surface area (Å²) in [6.45, 7) is 7.99. The number of hydrogen-bond donors (Lipinski definition) is 0. The minimum Gasteiger partial charge on any atom is -0.494 e. The summed E-state index contributed by atoms with van der Waals surface area (Å²) in [4.78, 5) is 21.5. The molecule has 2 heterocycles. The first-order valence-electron chi connectivity index (χ1n) is 10.6. The summed E-state index contributed by atoms with van der Waals surface area (Å²) >= 11 is 1.66. The zero-order valence-electron chi connectivity index (χ0n) is 17.9. The molecule has 0 bridgehead atoms. The van der Waals surface area contributed by atoms with Crippen molar-refractivity contribution in [2.45, 2.75) is 13.8 Å². The number of hydrogen-bond acceptors (Lipinski definition) is 7. The lowest BCUT2D eigenvalue weighted by Gasteiger charge is -2.34. The van der Waals surface area contributed by atoms with Crippen LogP contribution in [0.1, 0.15) is 13.8 Å². The van der Waals surface area contributed by atoms with Crippen LogP contribution in [-0.2, 0) is 4.79 Å². The fourth-order valence-corrected chi connectivity index (χ4v) is 4.54. The molecule has 2 aromatic carbocycles. The second-order valence-corrected chi connectivity index (χ2v) is 8.10. The third kappa shape index (κ3) is 5.02. The number of amides is 1. The fraction of sp³-hybridized carbons (Fsp3) is 0.391. The Labute approximate surface area is 186 Å². The number of benzene rings is 2. The quantitative estimate of drug-likeness (QED) is 0.530. The van der Waals surface area contributed by atoms with Crippen molar-refractivity contribution in [3.63, 3.8) is 0 Å². The van der Waals surface area contributed by atoms with Crippen LogP contribution in [0.5, 0.6) is 17.2 Å². The third-order valence-electron chi connectivity index (χ3n) is 5.07. The molecule has 0 radical (unpaired) electrons. The Morgan fingerprint density at radius 2 is 1.61 bits per heavy atom. The molecule has 0 unspecified atom stereocenters. The lowest BCUT2D eigenvalue weighted by molar-refractivity contribution is -0.133. The highest BCUT2D eigenvalue weighted by atomic mass is 32.1. The molecule has 0 N–H and O–H groups in total. The van der Waals surface area contributed by atoms with Gasteiger partial charge in [0, 0.05) is 26.2 Å². The molecule has 31 heavy (non-hydrogen) atoms. The third-order valence-corrected chi connectivity index (χ3v) is 6.15. The summed E-state index contributed by atoms with van der Waals surface area (Å²) in [5, 5.41) is 0.972. The molecule has 0 spiro atoms. The molecule has 1 aliphatic heterocycles. The van der Waals surface area contributed by atoms with E-state index in [0.717, 1.165) is 39.9 Å². The summed E-state index contributed by atoms with van der Waals surface area (Å²) < 4.78 is 17.9. The van der Waals surface area contributed by atoms with Gasteiger partial charge in [0.25, 0.3) is 5.91 Å². The van der Waals surface area contributed by atoms with Crippen molar-refractivity contribution in [1.82, 2.24) is 9.88 Å². The van der Waals surface area contributed by atoms with E-state index in [1.54, 1.807) is 11.3 Å². The van der Waals surface area contributed by atoms with E-state index in [0.29, 0.717) is 32.1 Å². The molecule has 1 fully saturated rings. The summed E-state index contributed by atoms with van der Waals surface area (Å²) in [5.41, 5.74) is 0.909. The lowest BCUT2D eigenvalue weighted by Crippen LogP contribution is -2.50. The van der Waals surface area contributed by atoms with E-state index in [2.05, 4.69) is 11.0 Å². The van der Waals surface area contributed by atoms with Gasteiger partial charge in [0.05, 0.1) is 17.9 Å². The van der Waals surface area contributed by atoms with Crippen LogP contribution in [0.4, 0.5) is 5.13 Å². The molecule has 0 aliphatic carbocycles. The Bertz CT molecular complexity index is 1010. The Morgan fingerprint density at radius 1 is 0.935 bits per heavy atom. The van der Waals surface area contributed by atoms with Crippen molar-refractivity contribution >= 4 is 32.6 Å². The lowest BCUT2D eigenvalue weighted by atomic mass is 10.3. The van der Waals surface area contributed by atoms with Crippen molar-refractivity contribution in [2.75, 3.05) is 50.9 Å². The maximum absolute atomic E-state index is 12.6. The van der Waals surface area contributed by atoms with Crippen LogP contribution < -0.4 is 19.1 Å². The number of thiazole rings is 1. The number of para-hydroxylation sites is 1. The highest BCUT2D eigenvalue weighted by molar-refractivity contribution is 7.22.